The highest BCUT2D eigenvalue weighted by molar-refractivity contribution is 6.10. The van der Waals surface area contributed by atoms with E-state index in [0.29, 0.717) is 30.0 Å². The summed E-state index contributed by atoms with van der Waals surface area (Å²) >= 11 is 0. The normalized spacial score (nSPS) is 23.2. The van der Waals surface area contributed by atoms with Crippen molar-refractivity contribution in [1.29, 1.82) is 0 Å². The van der Waals surface area contributed by atoms with E-state index in [9.17, 15) is 33.9 Å². The fourth-order valence-electron chi connectivity index (χ4n) is 5.35. The quantitative estimate of drug-likeness (QED) is 0.472. The Balaban J connectivity index is 0.000000285. The van der Waals surface area contributed by atoms with Crippen LogP contribution in [-0.4, -0.2) is 75.0 Å². The van der Waals surface area contributed by atoms with Gasteiger partial charge in [0, 0.05) is 38.3 Å². The zero-order valence-electron chi connectivity index (χ0n) is 25.8. The molecule has 0 aromatic heterocycles. The smallest absolute Gasteiger partial charge is 0.424 e. The summed E-state index contributed by atoms with van der Waals surface area (Å²) in [6.07, 6.45) is 0.830. The minimum Gasteiger partial charge on any atom is -0.481 e. The molecule has 3 saturated heterocycles. The number of carbonyl (C=O) groups excluding carboxylic acids is 5. The summed E-state index contributed by atoms with van der Waals surface area (Å²) in [5, 5.41) is 11.8. The molecular weight excluding hydrogens is 558 g/mol. The minimum absolute atomic E-state index is 0.0388. The third-order valence-electron chi connectivity index (χ3n) is 7.52. The first kappa shape index (κ1) is 33.5. The second kappa shape index (κ2) is 13.6. The van der Waals surface area contributed by atoms with Crippen LogP contribution in [0.3, 0.4) is 0 Å². The number of ether oxygens (including phenoxy) is 2. The van der Waals surface area contributed by atoms with Gasteiger partial charge in [-0.2, -0.15) is 4.90 Å². The lowest BCUT2D eigenvalue weighted by Gasteiger charge is -2.44. The molecule has 3 atom stereocenters. The van der Waals surface area contributed by atoms with Gasteiger partial charge in [0.05, 0.1) is 0 Å². The van der Waals surface area contributed by atoms with Crippen molar-refractivity contribution < 1.29 is 43.3 Å². The number of carboxylic acid groups (broad SMARTS) is 1. The van der Waals surface area contributed by atoms with E-state index in [1.54, 1.807) is 25.7 Å². The number of piperidine rings is 3. The van der Waals surface area contributed by atoms with Crippen LogP contribution in [-0.2, 0) is 23.9 Å². The highest BCUT2D eigenvalue weighted by Crippen LogP contribution is 2.39. The van der Waals surface area contributed by atoms with Gasteiger partial charge in [0.1, 0.15) is 11.4 Å². The van der Waals surface area contributed by atoms with Gasteiger partial charge in [0.25, 0.3) is 5.91 Å². The Hall–Kier alpha value is -3.96. The third kappa shape index (κ3) is 9.26. The number of imide groups is 4. The number of likely N-dealkylation sites (tertiary alicyclic amines) is 2. The Morgan fingerprint density at radius 3 is 2.02 bits per heavy atom. The Kier molecular flexibility index (Phi) is 10.6. The van der Waals surface area contributed by atoms with Gasteiger partial charge in [0.15, 0.2) is 6.10 Å². The van der Waals surface area contributed by atoms with Gasteiger partial charge in [-0.1, -0.05) is 32.9 Å². The second-order valence-electron chi connectivity index (χ2n) is 13.2. The SMILES string of the molecule is CC(C)(C)C1CC(c2ccc(OC3CCC(=O)NC3=O)cc2)CCN1C(=O)O.CC(C)(C)OC(=O)N1C(=O)CCCC1=O. The summed E-state index contributed by atoms with van der Waals surface area (Å²) in [5.74, 6) is -0.727. The molecule has 6 amide bonds. The molecule has 2 N–H and O–H groups in total. The van der Waals surface area contributed by atoms with E-state index >= 15 is 0 Å². The first-order chi connectivity index (χ1) is 20.0. The van der Waals surface area contributed by atoms with E-state index in [1.165, 1.54) is 0 Å². The lowest BCUT2D eigenvalue weighted by Crippen LogP contribution is -2.51. The number of benzene rings is 1. The van der Waals surface area contributed by atoms with Crippen LogP contribution in [0.5, 0.6) is 5.75 Å². The van der Waals surface area contributed by atoms with Crippen molar-refractivity contribution in [2.75, 3.05) is 6.54 Å². The molecule has 12 heteroatoms. The molecule has 236 valence electrons. The minimum atomic E-state index is -0.864. The van der Waals surface area contributed by atoms with Gasteiger partial charge in [0.2, 0.25) is 17.7 Å². The second-order valence-corrected chi connectivity index (χ2v) is 13.2. The largest absolute Gasteiger partial charge is 0.481 e. The van der Waals surface area contributed by atoms with Gasteiger partial charge < -0.3 is 19.5 Å². The topological polar surface area (TPSA) is 160 Å². The summed E-state index contributed by atoms with van der Waals surface area (Å²) in [7, 11) is 0. The van der Waals surface area contributed by atoms with E-state index in [1.807, 2.05) is 24.3 Å². The van der Waals surface area contributed by atoms with Crippen molar-refractivity contribution in [3.63, 3.8) is 0 Å². The van der Waals surface area contributed by atoms with Crippen molar-refractivity contribution in [3.8, 4) is 5.75 Å². The summed E-state index contributed by atoms with van der Waals surface area (Å²) in [6.45, 7) is 11.8. The number of nitrogens with zero attached hydrogens (tertiary/aromatic N) is 2. The third-order valence-corrected chi connectivity index (χ3v) is 7.52. The standard InChI is InChI=1S/C21H28N2O5.C10H15NO4/c1-21(2,3)17-12-14(10-11-23(17)20(26)27)13-4-6-15(7-5-13)28-16-8-9-18(24)22-19(16)25;1-10(2,3)15-9(14)11-7(12)5-4-6-8(11)13/h4-7,14,16-17H,8-12H2,1-3H3,(H,26,27)(H,22,24,25);4-6H2,1-3H3. The molecule has 0 radical (unpaired) electrons. The molecule has 12 nitrogen and oxygen atoms in total. The number of hydrogen-bond donors (Lipinski definition) is 2. The van der Waals surface area contributed by atoms with Crippen molar-refractivity contribution in [2.45, 2.75) is 110 Å². The van der Waals surface area contributed by atoms with E-state index in [0.717, 1.165) is 18.4 Å². The van der Waals surface area contributed by atoms with Crippen LogP contribution in [0.25, 0.3) is 0 Å². The molecule has 4 rings (SSSR count). The number of amides is 6. The number of hydrogen-bond acceptors (Lipinski definition) is 8. The van der Waals surface area contributed by atoms with E-state index in [4.69, 9.17) is 9.47 Å². The predicted molar refractivity (Wildman–Crippen MR) is 155 cm³/mol. The molecule has 0 bridgehead atoms. The molecule has 0 spiro atoms. The Morgan fingerprint density at radius 1 is 0.907 bits per heavy atom. The lowest BCUT2D eigenvalue weighted by molar-refractivity contribution is -0.146. The maximum absolute atomic E-state index is 11.8. The predicted octanol–water partition coefficient (Wildman–Crippen LogP) is 4.60. The number of carbonyl (C=O) groups is 6. The summed E-state index contributed by atoms with van der Waals surface area (Å²) in [6, 6.07) is 7.62. The Bertz CT molecular complexity index is 1210. The monoisotopic (exact) mass is 601 g/mol. The number of rotatable bonds is 3. The van der Waals surface area contributed by atoms with Gasteiger partial charge in [-0.25, -0.2) is 9.59 Å². The highest BCUT2D eigenvalue weighted by atomic mass is 16.6. The van der Waals surface area contributed by atoms with E-state index in [2.05, 4.69) is 26.1 Å². The van der Waals surface area contributed by atoms with Crippen molar-refractivity contribution in [3.05, 3.63) is 29.8 Å². The van der Waals surface area contributed by atoms with Crippen LogP contribution in [0.2, 0.25) is 0 Å². The molecular formula is C31H43N3O9. The van der Waals surface area contributed by atoms with Crippen LogP contribution < -0.4 is 10.1 Å². The zero-order chi connectivity index (χ0) is 32.1. The lowest BCUT2D eigenvalue weighted by atomic mass is 9.75. The van der Waals surface area contributed by atoms with E-state index in [-0.39, 0.29) is 42.5 Å². The van der Waals surface area contributed by atoms with Crippen LogP contribution in [0, 0.1) is 5.41 Å². The summed E-state index contributed by atoms with van der Waals surface area (Å²) < 4.78 is 10.7. The van der Waals surface area contributed by atoms with Gasteiger partial charge in [-0.05, 0) is 69.1 Å². The molecule has 0 aliphatic carbocycles. The maximum atomic E-state index is 11.8. The van der Waals surface area contributed by atoms with Gasteiger partial charge in [-0.15, -0.1) is 0 Å². The van der Waals surface area contributed by atoms with E-state index < -0.39 is 41.6 Å². The highest BCUT2D eigenvalue weighted by Gasteiger charge is 2.39. The summed E-state index contributed by atoms with van der Waals surface area (Å²) in [4.78, 5) is 71.0. The molecule has 3 unspecified atom stereocenters. The molecule has 1 aromatic rings. The fourth-order valence-corrected chi connectivity index (χ4v) is 5.35. The molecule has 43 heavy (non-hydrogen) atoms. The number of nitrogens with one attached hydrogen (secondary N) is 1. The molecule has 3 aliphatic rings. The molecule has 3 heterocycles. The van der Waals surface area contributed by atoms with Crippen LogP contribution in [0.1, 0.15) is 98.0 Å². The average Bonchev–Trinajstić information content (AvgIpc) is 2.89. The van der Waals surface area contributed by atoms with Gasteiger partial charge in [-0.3, -0.25) is 24.5 Å². The van der Waals surface area contributed by atoms with Crippen molar-refractivity contribution in [2.24, 2.45) is 5.41 Å². The molecule has 3 fully saturated rings. The Morgan fingerprint density at radius 2 is 1.51 bits per heavy atom. The Labute approximate surface area is 252 Å². The molecule has 1 aromatic carbocycles. The van der Waals surface area contributed by atoms with Crippen LogP contribution in [0.15, 0.2) is 24.3 Å². The average molecular weight is 602 g/mol. The zero-order valence-corrected chi connectivity index (χ0v) is 25.8. The van der Waals surface area contributed by atoms with Crippen molar-refractivity contribution >= 4 is 35.8 Å². The van der Waals surface area contributed by atoms with Gasteiger partial charge >= 0.3 is 12.2 Å². The fraction of sp³-hybridized carbons (Fsp3) is 0.613. The molecule has 3 aliphatic heterocycles. The first-order valence-electron chi connectivity index (χ1n) is 14.6. The van der Waals surface area contributed by atoms with Crippen molar-refractivity contribution in [1.82, 2.24) is 15.1 Å². The van der Waals surface area contributed by atoms with Crippen LogP contribution >= 0.6 is 0 Å². The van der Waals surface area contributed by atoms with Crippen LogP contribution in [0.4, 0.5) is 9.59 Å². The summed E-state index contributed by atoms with van der Waals surface area (Å²) in [5.41, 5.74) is 0.316. The first-order valence-corrected chi connectivity index (χ1v) is 14.6. The molecule has 0 saturated carbocycles. The maximum Gasteiger partial charge on any atom is 0.424 e.